The third kappa shape index (κ3) is 4.04. The fourth-order valence-corrected chi connectivity index (χ4v) is 8.75. The van der Waals surface area contributed by atoms with Crippen LogP contribution < -0.4 is 4.90 Å². The van der Waals surface area contributed by atoms with Gasteiger partial charge in [-0.05, 0) is 98.4 Å². The van der Waals surface area contributed by atoms with E-state index in [9.17, 15) is 0 Å². The third-order valence-electron chi connectivity index (χ3n) is 10.0. The van der Waals surface area contributed by atoms with Gasteiger partial charge in [-0.25, -0.2) is 0 Å². The third-order valence-corrected chi connectivity index (χ3v) is 11.2. The van der Waals surface area contributed by atoms with Gasteiger partial charge in [-0.1, -0.05) is 105 Å². The van der Waals surface area contributed by atoms with Crippen molar-refractivity contribution in [2.75, 3.05) is 4.90 Å². The highest BCUT2D eigenvalue weighted by Crippen LogP contribution is 2.46. The monoisotopic (exact) mass is 633 g/mol. The first-order chi connectivity index (χ1) is 23.6. The number of thiophene rings is 1. The van der Waals surface area contributed by atoms with E-state index < -0.39 is 0 Å². The number of fused-ring (bicyclic) bond motifs is 12. The van der Waals surface area contributed by atoms with Gasteiger partial charge in [0.15, 0.2) is 5.58 Å². The fourth-order valence-electron chi connectivity index (χ4n) is 7.65. The van der Waals surface area contributed by atoms with Crippen LogP contribution in [0.4, 0.5) is 17.1 Å². The van der Waals surface area contributed by atoms with E-state index in [1.807, 2.05) is 17.4 Å². The van der Waals surface area contributed by atoms with Gasteiger partial charge in [-0.2, -0.15) is 0 Å². The molecular formula is C45H31NOS. The Bertz CT molecular complexity index is 2870. The van der Waals surface area contributed by atoms with Crippen molar-refractivity contribution >= 4 is 103 Å². The number of anilines is 3. The van der Waals surface area contributed by atoms with Gasteiger partial charge in [-0.15, -0.1) is 11.3 Å². The molecule has 3 heteroatoms. The second-order valence-electron chi connectivity index (χ2n) is 13.1. The molecule has 10 aromatic rings. The fraction of sp³-hybridized carbons (Fsp3) is 0.0667. The largest absolute Gasteiger partial charge is 0.454 e. The Balaban J connectivity index is 1.24. The lowest BCUT2D eigenvalue weighted by molar-refractivity contribution is 0.669. The molecule has 0 unspecified atom stereocenters. The summed E-state index contributed by atoms with van der Waals surface area (Å²) in [4.78, 5) is 2.36. The molecule has 0 fully saturated rings. The summed E-state index contributed by atoms with van der Waals surface area (Å²) in [6, 6.07) is 53.3. The zero-order valence-electron chi connectivity index (χ0n) is 26.7. The van der Waals surface area contributed by atoms with Gasteiger partial charge in [0.25, 0.3) is 0 Å². The maximum Gasteiger partial charge on any atom is 0.159 e. The number of benzene rings is 8. The molecule has 0 saturated carbocycles. The van der Waals surface area contributed by atoms with Gasteiger partial charge in [0, 0.05) is 42.3 Å². The van der Waals surface area contributed by atoms with Crippen LogP contribution in [-0.4, -0.2) is 0 Å². The van der Waals surface area contributed by atoms with Crippen LogP contribution in [0.2, 0.25) is 0 Å². The predicted octanol–water partition coefficient (Wildman–Crippen LogP) is 14.0. The van der Waals surface area contributed by atoms with Crippen molar-refractivity contribution in [3.8, 4) is 0 Å². The van der Waals surface area contributed by atoms with Crippen LogP contribution in [0.5, 0.6) is 0 Å². The molecule has 8 aromatic carbocycles. The molecule has 0 amide bonds. The van der Waals surface area contributed by atoms with E-state index in [-0.39, 0.29) is 0 Å². The first-order valence-corrected chi connectivity index (χ1v) is 17.4. The van der Waals surface area contributed by atoms with Gasteiger partial charge in [0.2, 0.25) is 0 Å². The summed E-state index contributed by atoms with van der Waals surface area (Å²) < 4.78 is 9.19. The summed E-state index contributed by atoms with van der Waals surface area (Å²) in [6.45, 7) is 4.49. The van der Waals surface area contributed by atoms with Crippen LogP contribution in [0.15, 0.2) is 150 Å². The smallest absolute Gasteiger partial charge is 0.159 e. The molecular weight excluding hydrogens is 603 g/mol. The normalized spacial score (nSPS) is 12.1. The molecule has 2 nitrogen and oxygen atoms in total. The Kier molecular flexibility index (Phi) is 5.97. The van der Waals surface area contributed by atoms with Crippen molar-refractivity contribution in [2.45, 2.75) is 19.8 Å². The Morgan fingerprint density at radius 2 is 1.04 bits per heavy atom. The van der Waals surface area contributed by atoms with E-state index in [2.05, 4.69) is 158 Å². The van der Waals surface area contributed by atoms with Gasteiger partial charge in [0.05, 0.1) is 5.69 Å². The first-order valence-electron chi connectivity index (χ1n) is 16.6. The van der Waals surface area contributed by atoms with Crippen LogP contribution in [-0.2, 0) is 0 Å². The van der Waals surface area contributed by atoms with Crippen LogP contribution in [0.1, 0.15) is 25.3 Å². The number of hydrogen-bond donors (Lipinski definition) is 0. The van der Waals surface area contributed by atoms with Crippen molar-refractivity contribution in [1.29, 1.82) is 0 Å². The summed E-state index contributed by atoms with van der Waals surface area (Å²) in [5.74, 6) is 0.461. The number of furan rings is 1. The summed E-state index contributed by atoms with van der Waals surface area (Å²) in [5.41, 5.74) is 6.37. The lowest BCUT2D eigenvalue weighted by Gasteiger charge is -2.26. The summed E-state index contributed by atoms with van der Waals surface area (Å²) in [5, 5.41) is 12.6. The highest BCUT2D eigenvalue weighted by Gasteiger charge is 2.21. The Morgan fingerprint density at radius 1 is 0.458 bits per heavy atom. The summed E-state index contributed by atoms with van der Waals surface area (Å²) in [7, 11) is 0. The minimum absolute atomic E-state index is 0.461. The second kappa shape index (κ2) is 10.4. The van der Waals surface area contributed by atoms with E-state index in [1.165, 1.54) is 58.1 Å². The zero-order valence-corrected chi connectivity index (χ0v) is 27.5. The molecule has 0 spiro atoms. The van der Waals surface area contributed by atoms with Crippen molar-refractivity contribution in [3.05, 3.63) is 151 Å². The lowest BCUT2D eigenvalue weighted by atomic mass is 9.93. The summed E-state index contributed by atoms with van der Waals surface area (Å²) >= 11 is 1.88. The molecule has 0 aliphatic rings. The highest BCUT2D eigenvalue weighted by molar-refractivity contribution is 7.25. The van der Waals surface area contributed by atoms with E-state index in [0.717, 1.165) is 39.0 Å². The molecule has 228 valence electrons. The second-order valence-corrected chi connectivity index (χ2v) is 14.2. The SMILES string of the molecule is CC(C)c1ccc(N(c2ccc3sc4cc5c6ccccc6c6ccccc6c5cc4c3c2)c2cccc3c2oc2ccccc23)cc1. The van der Waals surface area contributed by atoms with Gasteiger partial charge >= 0.3 is 0 Å². The Morgan fingerprint density at radius 3 is 1.75 bits per heavy atom. The predicted molar refractivity (Wildman–Crippen MR) is 208 cm³/mol. The zero-order chi connectivity index (χ0) is 31.9. The Labute approximate surface area is 282 Å². The van der Waals surface area contributed by atoms with Gasteiger partial charge < -0.3 is 9.32 Å². The molecule has 10 rings (SSSR count). The maximum atomic E-state index is 6.60. The average Bonchev–Trinajstić information content (AvgIpc) is 3.69. The van der Waals surface area contributed by atoms with Crippen molar-refractivity contribution in [2.24, 2.45) is 0 Å². The molecule has 0 radical (unpaired) electrons. The molecule has 0 N–H and O–H groups in total. The number of nitrogens with zero attached hydrogens (tertiary/aromatic N) is 1. The molecule has 0 aliphatic heterocycles. The van der Waals surface area contributed by atoms with Crippen molar-refractivity contribution in [1.82, 2.24) is 0 Å². The number of hydrogen-bond acceptors (Lipinski definition) is 3. The highest BCUT2D eigenvalue weighted by atomic mass is 32.1. The number of rotatable bonds is 4. The standard InChI is InChI=1S/C45H31NOS/c1-27(2)28-18-20-29(21-19-28)46(41-16-9-15-36-35-14-7-8-17-42(35)47-45(36)41)30-22-23-43-39(24-30)40-25-37-33-12-5-3-10-31(33)32-11-4-6-13-34(32)38(37)26-44(40)48-43/h3-27H,1-2H3. The van der Waals surface area contributed by atoms with Gasteiger partial charge in [-0.3, -0.25) is 0 Å². The lowest BCUT2D eigenvalue weighted by Crippen LogP contribution is -2.10. The Hall–Kier alpha value is -5.64. The van der Waals surface area contributed by atoms with Crippen LogP contribution >= 0.6 is 11.3 Å². The van der Waals surface area contributed by atoms with Crippen molar-refractivity contribution < 1.29 is 4.42 Å². The van der Waals surface area contributed by atoms with E-state index in [4.69, 9.17) is 4.42 Å². The molecule has 0 bridgehead atoms. The first kappa shape index (κ1) is 27.5. The molecule has 0 saturated heterocycles. The molecule has 2 aromatic heterocycles. The van der Waals surface area contributed by atoms with E-state index >= 15 is 0 Å². The molecule has 2 heterocycles. The quantitative estimate of drug-likeness (QED) is 0.179. The van der Waals surface area contributed by atoms with Crippen LogP contribution in [0.25, 0.3) is 74.4 Å². The van der Waals surface area contributed by atoms with E-state index in [0.29, 0.717) is 5.92 Å². The average molecular weight is 634 g/mol. The summed E-state index contributed by atoms with van der Waals surface area (Å²) in [6.07, 6.45) is 0. The van der Waals surface area contributed by atoms with Crippen molar-refractivity contribution in [3.63, 3.8) is 0 Å². The molecule has 48 heavy (non-hydrogen) atoms. The minimum Gasteiger partial charge on any atom is -0.454 e. The minimum atomic E-state index is 0.461. The van der Waals surface area contributed by atoms with Gasteiger partial charge in [0.1, 0.15) is 5.58 Å². The van der Waals surface area contributed by atoms with Crippen LogP contribution in [0.3, 0.4) is 0 Å². The topological polar surface area (TPSA) is 16.4 Å². The number of para-hydroxylation sites is 2. The molecule has 0 atom stereocenters. The van der Waals surface area contributed by atoms with Crippen LogP contribution in [0, 0.1) is 0 Å². The maximum absolute atomic E-state index is 6.60. The molecule has 0 aliphatic carbocycles. The van der Waals surface area contributed by atoms with E-state index in [1.54, 1.807) is 0 Å².